The van der Waals surface area contributed by atoms with Crippen molar-refractivity contribution in [2.45, 2.75) is 57.6 Å². The molecular formula is C16H24N2O. The summed E-state index contributed by atoms with van der Waals surface area (Å²) in [6.07, 6.45) is 9.43. The Morgan fingerprint density at radius 3 is 2.74 bits per heavy atom. The van der Waals surface area contributed by atoms with Crippen LogP contribution < -0.4 is 10.1 Å². The van der Waals surface area contributed by atoms with E-state index in [0.29, 0.717) is 5.92 Å². The third kappa shape index (κ3) is 3.27. The Labute approximate surface area is 115 Å². The van der Waals surface area contributed by atoms with Gasteiger partial charge >= 0.3 is 0 Å². The summed E-state index contributed by atoms with van der Waals surface area (Å²) >= 11 is 0. The van der Waals surface area contributed by atoms with Crippen LogP contribution >= 0.6 is 0 Å². The van der Waals surface area contributed by atoms with Gasteiger partial charge in [-0.05, 0) is 69.5 Å². The smallest absolute Gasteiger partial charge is 0.138 e. The lowest BCUT2D eigenvalue weighted by Crippen LogP contribution is -2.34. The zero-order valence-corrected chi connectivity index (χ0v) is 11.9. The van der Waals surface area contributed by atoms with Crippen LogP contribution in [0.5, 0.6) is 5.75 Å². The molecule has 3 heteroatoms. The molecule has 1 heterocycles. The zero-order valence-electron chi connectivity index (χ0n) is 11.9. The molecule has 2 aliphatic carbocycles. The van der Waals surface area contributed by atoms with Crippen LogP contribution in [0.15, 0.2) is 18.5 Å². The molecule has 3 rings (SSSR count). The van der Waals surface area contributed by atoms with Crippen molar-refractivity contribution in [3.63, 3.8) is 0 Å². The fourth-order valence-electron chi connectivity index (χ4n) is 2.83. The maximum Gasteiger partial charge on any atom is 0.138 e. The van der Waals surface area contributed by atoms with Crippen LogP contribution in [0.4, 0.5) is 0 Å². The molecule has 0 saturated heterocycles. The molecule has 1 aromatic rings. The average Bonchev–Trinajstić information content (AvgIpc) is 3.11. The van der Waals surface area contributed by atoms with Gasteiger partial charge in [-0.2, -0.15) is 0 Å². The van der Waals surface area contributed by atoms with Gasteiger partial charge in [0.2, 0.25) is 0 Å². The lowest BCUT2D eigenvalue weighted by molar-refractivity contribution is 0.233. The quantitative estimate of drug-likeness (QED) is 0.853. The Morgan fingerprint density at radius 1 is 1.26 bits per heavy atom. The van der Waals surface area contributed by atoms with Gasteiger partial charge in [0.05, 0.1) is 12.3 Å². The van der Waals surface area contributed by atoms with Gasteiger partial charge in [0.15, 0.2) is 0 Å². The molecule has 0 bridgehead atoms. The largest absolute Gasteiger partial charge is 0.489 e. The van der Waals surface area contributed by atoms with E-state index in [2.05, 4.69) is 30.2 Å². The van der Waals surface area contributed by atoms with Crippen LogP contribution in [0.25, 0.3) is 0 Å². The number of pyridine rings is 1. The molecule has 2 aliphatic rings. The monoisotopic (exact) mass is 260 g/mol. The van der Waals surface area contributed by atoms with Gasteiger partial charge in [0, 0.05) is 12.2 Å². The second-order valence-corrected chi connectivity index (χ2v) is 6.25. The lowest BCUT2D eigenvalue weighted by Gasteiger charge is -2.37. The van der Waals surface area contributed by atoms with Crippen molar-refractivity contribution in [1.29, 1.82) is 0 Å². The Kier molecular flexibility index (Phi) is 3.74. The first-order valence-electron chi connectivity index (χ1n) is 7.57. The Balaban J connectivity index is 1.60. The molecule has 0 amide bonds. The number of aromatic nitrogens is 1. The highest BCUT2D eigenvalue weighted by Gasteiger charge is 2.33. The van der Waals surface area contributed by atoms with Crippen LogP contribution in [-0.2, 0) is 0 Å². The van der Waals surface area contributed by atoms with Crippen molar-refractivity contribution in [2.75, 3.05) is 6.54 Å². The minimum Gasteiger partial charge on any atom is -0.489 e. The molecule has 0 spiro atoms. The van der Waals surface area contributed by atoms with Gasteiger partial charge in [-0.1, -0.05) is 0 Å². The molecule has 0 aromatic carbocycles. The molecule has 2 atom stereocenters. The Hall–Kier alpha value is -1.09. The molecule has 0 aliphatic heterocycles. The van der Waals surface area contributed by atoms with Crippen molar-refractivity contribution in [2.24, 2.45) is 5.92 Å². The second-order valence-electron chi connectivity index (χ2n) is 6.25. The first-order chi connectivity index (χ1) is 9.22. The highest BCUT2D eigenvalue weighted by molar-refractivity contribution is 5.28. The Bertz CT molecular complexity index is 429. The summed E-state index contributed by atoms with van der Waals surface area (Å²) in [5.41, 5.74) is 1.35. The number of nitrogens with zero attached hydrogens (tertiary/aromatic N) is 1. The topological polar surface area (TPSA) is 34.1 Å². The minimum absolute atomic E-state index is 0.214. The van der Waals surface area contributed by atoms with Gasteiger partial charge in [-0.25, -0.2) is 0 Å². The highest BCUT2D eigenvalue weighted by Crippen LogP contribution is 2.43. The maximum absolute atomic E-state index is 5.74. The SMILES string of the molecule is CC(C)Oc1cncc(C2CCC2CNC2CC2)c1. The van der Waals surface area contributed by atoms with Crippen LogP contribution in [0.3, 0.4) is 0 Å². The average molecular weight is 260 g/mol. The maximum atomic E-state index is 5.74. The molecule has 104 valence electrons. The number of rotatable bonds is 6. The molecule has 2 saturated carbocycles. The summed E-state index contributed by atoms with van der Waals surface area (Å²) in [6.45, 7) is 5.28. The standard InChI is InChI=1S/C16H24N2O/c1-11(2)19-15-7-13(8-17-10-15)16-6-3-12(16)9-18-14-4-5-14/h7-8,10-12,14,16,18H,3-6,9H2,1-2H3. The Morgan fingerprint density at radius 2 is 2.11 bits per heavy atom. The van der Waals surface area contributed by atoms with Crippen molar-refractivity contribution in [3.05, 3.63) is 24.0 Å². The molecule has 1 N–H and O–H groups in total. The second kappa shape index (κ2) is 5.49. The van der Waals surface area contributed by atoms with E-state index in [0.717, 1.165) is 17.7 Å². The molecular weight excluding hydrogens is 236 g/mol. The third-order valence-electron chi connectivity index (χ3n) is 4.20. The molecule has 2 fully saturated rings. The summed E-state index contributed by atoms with van der Waals surface area (Å²) in [6, 6.07) is 3.00. The summed E-state index contributed by atoms with van der Waals surface area (Å²) in [4.78, 5) is 4.34. The van der Waals surface area contributed by atoms with Gasteiger partial charge in [-0.15, -0.1) is 0 Å². The first-order valence-corrected chi connectivity index (χ1v) is 7.57. The summed E-state index contributed by atoms with van der Waals surface area (Å²) in [7, 11) is 0. The van der Waals surface area contributed by atoms with E-state index < -0.39 is 0 Å². The summed E-state index contributed by atoms with van der Waals surface area (Å²) in [5.74, 6) is 2.37. The van der Waals surface area contributed by atoms with Gasteiger partial charge < -0.3 is 10.1 Å². The van der Waals surface area contributed by atoms with Crippen molar-refractivity contribution < 1.29 is 4.74 Å². The van der Waals surface area contributed by atoms with E-state index in [1.165, 1.54) is 37.8 Å². The minimum atomic E-state index is 0.214. The normalized spacial score (nSPS) is 26.3. The van der Waals surface area contributed by atoms with Crippen LogP contribution in [-0.4, -0.2) is 23.7 Å². The van der Waals surface area contributed by atoms with E-state index in [-0.39, 0.29) is 6.10 Å². The molecule has 0 radical (unpaired) electrons. The van der Waals surface area contributed by atoms with Gasteiger partial charge in [0.1, 0.15) is 5.75 Å². The summed E-state index contributed by atoms with van der Waals surface area (Å²) < 4.78 is 5.74. The van der Waals surface area contributed by atoms with E-state index in [1.807, 2.05) is 12.4 Å². The van der Waals surface area contributed by atoms with E-state index >= 15 is 0 Å². The van der Waals surface area contributed by atoms with Crippen LogP contribution in [0.1, 0.15) is 51.0 Å². The summed E-state index contributed by atoms with van der Waals surface area (Å²) in [5, 5.41) is 3.65. The van der Waals surface area contributed by atoms with Gasteiger partial charge in [0.25, 0.3) is 0 Å². The number of hydrogen-bond acceptors (Lipinski definition) is 3. The van der Waals surface area contributed by atoms with Crippen molar-refractivity contribution in [3.8, 4) is 5.75 Å². The van der Waals surface area contributed by atoms with Crippen LogP contribution in [0.2, 0.25) is 0 Å². The fraction of sp³-hybridized carbons (Fsp3) is 0.688. The van der Waals surface area contributed by atoms with E-state index in [4.69, 9.17) is 4.74 Å². The highest BCUT2D eigenvalue weighted by atomic mass is 16.5. The number of ether oxygens (including phenoxy) is 1. The first kappa shape index (κ1) is 12.9. The lowest BCUT2D eigenvalue weighted by atomic mass is 9.70. The molecule has 2 unspecified atom stereocenters. The van der Waals surface area contributed by atoms with Gasteiger partial charge in [-0.3, -0.25) is 4.98 Å². The third-order valence-corrected chi connectivity index (χ3v) is 4.20. The van der Waals surface area contributed by atoms with Crippen molar-refractivity contribution >= 4 is 0 Å². The number of hydrogen-bond donors (Lipinski definition) is 1. The molecule has 1 aromatic heterocycles. The van der Waals surface area contributed by atoms with E-state index in [9.17, 15) is 0 Å². The molecule has 19 heavy (non-hydrogen) atoms. The predicted molar refractivity (Wildman–Crippen MR) is 76.5 cm³/mol. The number of nitrogens with one attached hydrogen (secondary N) is 1. The van der Waals surface area contributed by atoms with Crippen LogP contribution in [0, 0.1) is 5.92 Å². The predicted octanol–water partition coefficient (Wildman–Crippen LogP) is 3.11. The zero-order chi connectivity index (χ0) is 13.2. The van der Waals surface area contributed by atoms with E-state index in [1.54, 1.807) is 0 Å². The molecule has 3 nitrogen and oxygen atoms in total. The fourth-order valence-corrected chi connectivity index (χ4v) is 2.83. The van der Waals surface area contributed by atoms with Crippen molar-refractivity contribution in [1.82, 2.24) is 10.3 Å².